The van der Waals surface area contributed by atoms with E-state index in [0.29, 0.717) is 6.61 Å². The third kappa shape index (κ3) is 2.03. The van der Waals surface area contributed by atoms with E-state index in [-0.39, 0.29) is 6.04 Å². The van der Waals surface area contributed by atoms with Gasteiger partial charge >= 0.3 is 0 Å². The molecule has 0 fully saturated rings. The summed E-state index contributed by atoms with van der Waals surface area (Å²) >= 11 is 1.65. The standard InChI is InChI=1S/C8H14N2OS/c1-5(9)8-7(4-11-3)10-6(2)12-8/h5H,4,9H2,1-3H3. The van der Waals surface area contributed by atoms with Gasteiger partial charge in [0.2, 0.25) is 0 Å². The van der Waals surface area contributed by atoms with Gasteiger partial charge in [-0.25, -0.2) is 4.98 Å². The summed E-state index contributed by atoms with van der Waals surface area (Å²) in [6.45, 7) is 4.50. The van der Waals surface area contributed by atoms with Gasteiger partial charge in [-0.05, 0) is 13.8 Å². The predicted molar refractivity (Wildman–Crippen MR) is 50.2 cm³/mol. The third-order valence-electron chi connectivity index (χ3n) is 1.53. The molecule has 0 radical (unpaired) electrons. The number of ether oxygens (including phenoxy) is 1. The number of hydrogen-bond acceptors (Lipinski definition) is 4. The Balaban J connectivity index is 2.92. The lowest BCUT2D eigenvalue weighted by atomic mass is 10.2. The minimum absolute atomic E-state index is 0.0568. The summed E-state index contributed by atoms with van der Waals surface area (Å²) in [6.07, 6.45) is 0. The molecule has 12 heavy (non-hydrogen) atoms. The first-order chi connectivity index (χ1) is 5.65. The van der Waals surface area contributed by atoms with Crippen molar-refractivity contribution in [2.24, 2.45) is 5.73 Å². The number of rotatable bonds is 3. The topological polar surface area (TPSA) is 48.1 Å². The van der Waals surface area contributed by atoms with Crippen molar-refractivity contribution in [1.82, 2.24) is 4.98 Å². The van der Waals surface area contributed by atoms with Crippen molar-refractivity contribution in [2.45, 2.75) is 26.5 Å². The molecule has 1 atom stereocenters. The molecule has 0 aromatic carbocycles. The largest absolute Gasteiger partial charge is 0.378 e. The van der Waals surface area contributed by atoms with E-state index in [1.807, 2.05) is 13.8 Å². The first-order valence-corrected chi connectivity index (χ1v) is 4.67. The van der Waals surface area contributed by atoms with Gasteiger partial charge in [0.15, 0.2) is 0 Å². The van der Waals surface area contributed by atoms with Crippen LogP contribution in [0.25, 0.3) is 0 Å². The quantitative estimate of drug-likeness (QED) is 0.780. The number of hydrogen-bond donors (Lipinski definition) is 1. The maximum atomic E-state index is 5.77. The fourth-order valence-electron chi connectivity index (χ4n) is 1.08. The molecule has 68 valence electrons. The predicted octanol–water partition coefficient (Wildman–Crippen LogP) is 1.62. The van der Waals surface area contributed by atoms with Gasteiger partial charge in [0.05, 0.1) is 17.3 Å². The number of thiazole rings is 1. The van der Waals surface area contributed by atoms with Gasteiger partial charge in [-0.15, -0.1) is 11.3 Å². The Kier molecular flexibility index (Phi) is 3.20. The normalized spacial score (nSPS) is 13.3. The van der Waals surface area contributed by atoms with Crippen LogP contribution in [0.1, 0.15) is 28.5 Å². The highest BCUT2D eigenvalue weighted by Crippen LogP contribution is 2.23. The average Bonchev–Trinajstić information content (AvgIpc) is 2.32. The van der Waals surface area contributed by atoms with Gasteiger partial charge in [-0.1, -0.05) is 0 Å². The Morgan fingerprint density at radius 1 is 1.67 bits per heavy atom. The Labute approximate surface area is 76.6 Å². The van der Waals surface area contributed by atoms with Crippen LogP contribution < -0.4 is 5.73 Å². The minimum Gasteiger partial charge on any atom is -0.378 e. The van der Waals surface area contributed by atoms with Crippen LogP contribution in [0.3, 0.4) is 0 Å². The Hall–Kier alpha value is -0.450. The second-order valence-electron chi connectivity index (χ2n) is 2.77. The van der Waals surface area contributed by atoms with Crippen LogP contribution >= 0.6 is 11.3 Å². The maximum Gasteiger partial charge on any atom is 0.0901 e. The highest BCUT2D eigenvalue weighted by molar-refractivity contribution is 7.11. The molecule has 0 aliphatic heterocycles. The second kappa shape index (κ2) is 3.98. The summed E-state index contributed by atoms with van der Waals surface area (Å²) in [5.41, 5.74) is 6.75. The highest BCUT2D eigenvalue weighted by atomic mass is 32.1. The smallest absolute Gasteiger partial charge is 0.0901 e. The van der Waals surface area contributed by atoms with Crippen LogP contribution in [0.2, 0.25) is 0 Å². The molecule has 1 unspecified atom stereocenters. The lowest BCUT2D eigenvalue weighted by molar-refractivity contribution is 0.181. The molecule has 0 bridgehead atoms. The third-order valence-corrected chi connectivity index (χ3v) is 2.74. The number of methoxy groups -OCH3 is 1. The molecular formula is C8H14N2OS. The van der Waals surface area contributed by atoms with Crippen molar-refractivity contribution < 1.29 is 4.74 Å². The van der Waals surface area contributed by atoms with Crippen molar-refractivity contribution in [1.29, 1.82) is 0 Å². The molecule has 0 spiro atoms. The molecule has 0 saturated carbocycles. The lowest BCUT2D eigenvalue weighted by Gasteiger charge is -2.03. The van der Waals surface area contributed by atoms with E-state index < -0.39 is 0 Å². The van der Waals surface area contributed by atoms with Gasteiger partial charge in [-0.2, -0.15) is 0 Å². The zero-order valence-corrected chi connectivity index (χ0v) is 8.44. The molecule has 4 heteroatoms. The van der Waals surface area contributed by atoms with E-state index in [2.05, 4.69) is 4.98 Å². The van der Waals surface area contributed by atoms with Crippen molar-refractivity contribution in [3.63, 3.8) is 0 Å². The number of nitrogens with two attached hydrogens (primary N) is 1. The summed E-state index contributed by atoms with van der Waals surface area (Å²) in [5, 5.41) is 1.05. The molecule has 3 nitrogen and oxygen atoms in total. The molecule has 0 amide bonds. The molecule has 0 aliphatic rings. The maximum absolute atomic E-state index is 5.77. The SMILES string of the molecule is COCc1nc(C)sc1C(C)N. The summed E-state index contributed by atoms with van der Waals surface area (Å²) < 4.78 is 5.02. The summed E-state index contributed by atoms with van der Waals surface area (Å²) in [6, 6.07) is 0.0568. The Bertz CT molecular complexity index is 258. The second-order valence-corrected chi connectivity index (χ2v) is 4.00. The lowest BCUT2D eigenvalue weighted by Crippen LogP contribution is -2.06. The minimum atomic E-state index is 0.0568. The fourth-order valence-corrected chi connectivity index (χ4v) is 1.96. The van der Waals surface area contributed by atoms with Crippen LogP contribution in [0.15, 0.2) is 0 Å². The molecule has 0 saturated heterocycles. The molecule has 1 heterocycles. The molecule has 1 aromatic rings. The molecule has 1 aromatic heterocycles. The summed E-state index contributed by atoms with van der Waals surface area (Å²) in [7, 11) is 1.67. The first kappa shape index (κ1) is 9.64. The summed E-state index contributed by atoms with van der Waals surface area (Å²) in [5.74, 6) is 0. The van der Waals surface area contributed by atoms with Crippen molar-refractivity contribution >= 4 is 11.3 Å². The van der Waals surface area contributed by atoms with Crippen molar-refractivity contribution in [3.05, 3.63) is 15.6 Å². The van der Waals surface area contributed by atoms with E-state index in [1.54, 1.807) is 18.4 Å². The van der Waals surface area contributed by atoms with Gasteiger partial charge in [0.25, 0.3) is 0 Å². The highest BCUT2D eigenvalue weighted by Gasteiger charge is 2.11. The Morgan fingerprint density at radius 2 is 2.33 bits per heavy atom. The van der Waals surface area contributed by atoms with Gasteiger partial charge < -0.3 is 10.5 Å². The van der Waals surface area contributed by atoms with E-state index in [1.165, 1.54) is 0 Å². The van der Waals surface area contributed by atoms with Crippen LogP contribution in [0.5, 0.6) is 0 Å². The number of aryl methyl sites for hydroxylation is 1. The van der Waals surface area contributed by atoms with E-state index in [0.717, 1.165) is 15.6 Å². The molecule has 1 rings (SSSR count). The van der Waals surface area contributed by atoms with Crippen LogP contribution in [0, 0.1) is 6.92 Å². The van der Waals surface area contributed by atoms with Crippen molar-refractivity contribution in [3.8, 4) is 0 Å². The van der Waals surface area contributed by atoms with E-state index >= 15 is 0 Å². The van der Waals surface area contributed by atoms with Gasteiger partial charge in [0, 0.05) is 18.0 Å². The Morgan fingerprint density at radius 3 is 2.83 bits per heavy atom. The zero-order chi connectivity index (χ0) is 9.14. The average molecular weight is 186 g/mol. The summed E-state index contributed by atoms with van der Waals surface area (Å²) in [4.78, 5) is 5.47. The number of nitrogens with zero attached hydrogens (tertiary/aromatic N) is 1. The van der Waals surface area contributed by atoms with E-state index in [4.69, 9.17) is 10.5 Å². The molecular weight excluding hydrogens is 172 g/mol. The van der Waals surface area contributed by atoms with Gasteiger partial charge in [-0.3, -0.25) is 0 Å². The van der Waals surface area contributed by atoms with E-state index in [9.17, 15) is 0 Å². The first-order valence-electron chi connectivity index (χ1n) is 3.86. The van der Waals surface area contributed by atoms with Crippen LogP contribution in [-0.4, -0.2) is 12.1 Å². The molecule has 2 N–H and O–H groups in total. The molecule has 0 aliphatic carbocycles. The van der Waals surface area contributed by atoms with Crippen molar-refractivity contribution in [2.75, 3.05) is 7.11 Å². The van der Waals surface area contributed by atoms with Gasteiger partial charge in [0.1, 0.15) is 0 Å². The fraction of sp³-hybridized carbons (Fsp3) is 0.625. The zero-order valence-electron chi connectivity index (χ0n) is 7.63. The monoisotopic (exact) mass is 186 g/mol. The van der Waals surface area contributed by atoms with Crippen LogP contribution in [0.4, 0.5) is 0 Å². The van der Waals surface area contributed by atoms with Crippen LogP contribution in [-0.2, 0) is 11.3 Å². The number of aromatic nitrogens is 1.